The second-order valence-corrected chi connectivity index (χ2v) is 20.7. The lowest BCUT2D eigenvalue weighted by Crippen LogP contribution is -2.44. The van der Waals surface area contributed by atoms with E-state index in [9.17, 15) is 76.7 Å². The van der Waals surface area contributed by atoms with Crippen LogP contribution in [0.5, 0.6) is 0 Å². The fourth-order valence-corrected chi connectivity index (χ4v) is 6.84. The van der Waals surface area contributed by atoms with Crippen LogP contribution in [-0.2, 0) is 86.2 Å². The zero-order valence-electron chi connectivity index (χ0n) is 53.0. The number of Topliss-reactive ketones (excluding diaryl/α,β-unsaturated/α-hetero) is 10. The van der Waals surface area contributed by atoms with E-state index in [-0.39, 0.29) is 111 Å². The molecule has 28 nitrogen and oxygen atoms in total. The van der Waals surface area contributed by atoms with Crippen LogP contribution in [0.2, 0.25) is 0 Å². The van der Waals surface area contributed by atoms with Crippen molar-refractivity contribution in [1.29, 1.82) is 0 Å². The van der Waals surface area contributed by atoms with Gasteiger partial charge >= 0.3 is 5.97 Å². The third kappa shape index (κ3) is 46.3. The molecular formula is C57H100N10O18. The van der Waals surface area contributed by atoms with Gasteiger partial charge in [0.2, 0.25) is 28.9 Å². The quantitative estimate of drug-likeness (QED) is 0.0154. The Bertz CT molecular complexity index is 2200. The predicted molar refractivity (Wildman–Crippen MR) is 315 cm³/mol. The molecule has 5 amide bonds. The molecular weight excluding hydrogens is 1110 g/mol. The van der Waals surface area contributed by atoms with E-state index in [1.807, 2.05) is 20.8 Å². The highest BCUT2D eigenvalue weighted by Crippen LogP contribution is 2.18. The number of carbonyl (C=O) groups is 16. The van der Waals surface area contributed by atoms with Crippen molar-refractivity contribution in [3.8, 4) is 0 Å². The molecule has 0 unspecified atom stereocenters. The number of esters is 1. The lowest BCUT2D eigenvalue weighted by Gasteiger charge is -2.20. The summed E-state index contributed by atoms with van der Waals surface area (Å²) in [7, 11) is 10.8. The van der Waals surface area contributed by atoms with E-state index in [2.05, 4.69) is 69.6 Å². The van der Waals surface area contributed by atoms with Crippen LogP contribution in [-0.4, -0.2) is 204 Å². The number of carbonyl (C=O) groups excluding carboxylic acids is 16. The Morgan fingerprint density at radius 3 is 1.01 bits per heavy atom. The van der Waals surface area contributed by atoms with Crippen molar-refractivity contribution in [2.45, 2.75) is 200 Å². The number of hydrogen-bond acceptors (Lipinski definition) is 23. The van der Waals surface area contributed by atoms with E-state index >= 15 is 0 Å². The van der Waals surface area contributed by atoms with Crippen molar-refractivity contribution < 1.29 is 86.2 Å². The molecule has 1 aliphatic rings. The third-order valence-electron chi connectivity index (χ3n) is 12.2. The number of likely N-dealkylation sites (N-methyl/N-ethyl adjacent to an activating group) is 5. The fourth-order valence-electron chi connectivity index (χ4n) is 6.84. The molecule has 1 saturated carbocycles. The standard InChI is InChI=1S/C13H24N2O3.C12H22N2O3.C11H18N2O5.C11H18N2O3.C10H18N2O4/c1-4-5-6-9-15-13(18)12(17)8-7-11(14-3)10(2)16;1-8(15)9(13-5)6-7-10(16)11(17)14-12(2,3)4;1-7(14)8(12-2)4-5-9(15)11(17)13-6-10(16)18-3;1-7(14)9(12-2)5-6-10(15)11(16)13-8-3-4-8;1-7(13)8(11-2)4-5-9(14)10(15)12-6-16-3/h11,14H,4-9H2,1-3H3,(H,15,18);9,13H,6-7H2,1-5H3,(H,14,17);8,12H,4-6H2,1-3H3,(H,13,17);8-9,12H,3-6H2,1-2H3,(H,13,16);8,11H,4-6H2,1-3H3,(H,12,15)/t11-;9-;8-;9-;8-/m00000/s1. The van der Waals surface area contributed by atoms with Crippen LogP contribution in [0.3, 0.4) is 0 Å². The van der Waals surface area contributed by atoms with Crippen LogP contribution in [0.15, 0.2) is 0 Å². The highest BCUT2D eigenvalue weighted by molar-refractivity contribution is 6.38. The first kappa shape index (κ1) is 84.7. The SMILES string of the molecule is CCCCCNC(=O)C(=O)CC[C@H](NC)C(C)=O.CN[C@@H](CCC(=O)C(=O)NC(C)(C)C)C(C)=O.CN[C@@H](CCC(=O)C(=O)NC1CC1)C(C)=O.CN[C@@H](CCC(=O)C(=O)NCC(=O)OC)C(C)=O.CN[C@@H](CCC(=O)C(=O)NCOC)C(C)=O. The maximum Gasteiger partial charge on any atom is 0.325 e. The molecule has 85 heavy (non-hydrogen) atoms. The van der Waals surface area contributed by atoms with Gasteiger partial charge in [-0.15, -0.1) is 0 Å². The van der Waals surface area contributed by atoms with Crippen molar-refractivity contribution >= 4 is 93.3 Å². The van der Waals surface area contributed by atoms with Crippen molar-refractivity contribution in [3.63, 3.8) is 0 Å². The Labute approximate surface area is 501 Å². The van der Waals surface area contributed by atoms with Crippen LogP contribution in [0.4, 0.5) is 0 Å². The molecule has 10 N–H and O–H groups in total. The number of ketones is 10. The summed E-state index contributed by atoms with van der Waals surface area (Å²) in [5.74, 6) is -6.59. The van der Waals surface area contributed by atoms with Crippen molar-refractivity contribution in [1.82, 2.24) is 53.2 Å². The van der Waals surface area contributed by atoms with Gasteiger partial charge in [-0.1, -0.05) is 19.8 Å². The number of rotatable bonds is 39. The van der Waals surface area contributed by atoms with Crippen LogP contribution in [0.1, 0.15) is 159 Å². The molecule has 0 heterocycles. The molecule has 0 spiro atoms. The average Bonchev–Trinajstić information content (AvgIpc) is 4.40. The number of amides is 5. The molecule has 0 aromatic rings. The molecule has 0 aromatic carbocycles. The minimum absolute atomic E-state index is 0.00668. The Kier molecular flexibility index (Phi) is 49.4. The molecule has 28 heteroatoms. The average molecular weight is 1210 g/mol. The summed E-state index contributed by atoms with van der Waals surface area (Å²) < 4.78 is 8.90. The Hall–Kier alpha value is -6.72. The predicted octanol–water partition coefficient (Wildman–Crippen LogP) is -0.928. The molecule has 1 rings (SSSR count). The zero-order chi connectivity index (χ0) is 66.4. The molecule has 486 valence electrons. The van der Waals surface area contributed by atoms with Gasteiger partial charge in [-0.3, -0.25) is 76.7 Å². The number of hydrogen-bond donors (Lipinski definition) is 10. The summed E-state index contributed by atoms with van der Waals surface area (Å²) in [6.45, 7) is 15.0. The number of nitrogens with one attached hydrogen (secondary N) is 10. The summed E-state index contributed by atoms with van der Waals surface area (Å²) in [6.07, 6.45) is 6.88. The van der Waals surface area contributed by atoms with Gasteiger partial charge in [-0.25, -0.2) is 0 Å². The van der Waals surface area contributed by atoms with Gasteiger partial charge in [0.15, 0.2) is 0 Å². The largest absolute Gasteiger partial charge is 0.468 e. The number of ether oxygens (including phenoxy) is 2. The molecule has 0 aliphatic heterocycles. The molecule has 1 aliphatic carbocycles. The first-order valence-electron chi connectivity index (χ1n) is 28.2. The van der Waals surface area contributed by atoms with Gasteiger partial charge in [0.05, 0.1) is 37.3 Å². The molecule has 5 atom stereocenters. The van der Waals surface area contributed by atoms with Gasteiger partial charge in [-0.2, -0.15) is 0 Å². The van der Waals surface area contributed by atoms with Crippen LogP contribution in [0, 0.1) is 0 Å². The lowest BCUT2D eigenvalue weighted by atomic mass is 10.0. The van der Waals surface area contributed by atoms with Gasteiger partial charge in [0.25, 0.3) is 29.5 Å². The summed E-state index contributed by atoms with van der Waals surface area (Å²) in [4.78, 5) is 180. The smallest absolute Gasteiger partial charge is 0.325 e. The molecule has 0 saturated heterocycles. The zero-order valence-corrected chi connectivity index (χ0v) is 53.0. The lowest BCUT2D eigenvalue weighted by molar-refractivity contribution is -0.143. The number of methoxy groups -OCH3 is 2. The van der Waals surface area contributed by atoms with Gasteiger partial charge in [-0.05, 0) is 142 Å². The summed E-state index contributed by atoms with van der Waals surface area (Å²) in [5, 5.41) is 26.2. The van der Waals surface area contributed by atoms with E-state index in [1.54, 1.807) is 35.2 Å². The fraction of sp³-hybridized carbons (Fsp3) is 0.719. The topological polar surface area (TPSA) is 412 Å². The summed E-state index contributed by atoms with van der Waals surface area (Å²) in [5.41, 5.74) is -0.421. The Morgan fingerprint density at radius 2 is 0.741 bits per heavy atom. The maximum atomic E-state index is 11.5. The highest BCUT2D eigenvalue weighted by atomic mass is 16.5. The van der Waals surface area contributed by atoms with E-state index in [1.165, 1.54) is 48.8 Å². The van der Waals surface area contributed by atoms with Crippen molar-refractivity contribution in [3.05, 3.63) is 0 Å². The Balaban J connectivity index is -0.000000483. The van der Waals surface area contributed by atoms with Gasteiger partial charge < -0.3 is 62.6 Å². The van der Waals surface area contributed by atoms with E-state index in [0.29, 0.717) is 32.2 Å². The van der Waals surface area contributed by atoms with E-state index < -0.39 is 76.0 Å². The first-order chi connectivity index (χ1) is 39.7. The van der Waals surface area contributed by atoms with Crippen molar-refractivity contribution in [2.24, 2.45) is 0 Å². The van der Waals surface area contributed by atoms with Crippen molar-refractivity contribution in [2.75, 3.05) is 69.3 Å². The van der Waals surface area contributed by atoms with Gasteiger partial charge in [0, 0.05) is 57.3 Å². The van der Waals surface area contributed by atoms with Crippen LogP contribution >= 0.6 is 0 Å². The van der Waals surface area contributed by atoms with Crippen LogP contribution < -0.4 is 53.2 Å². The normalized spacial score (nSPS) is 12.9. The molecule has 0 radical (unpaired) electrons. The minimum atomic E-state index is -0.848. The van der Waals surface area contributed by atoms with E-state index in [0.717, 1.165) is 32.1 Å². The second kappa shape index (κ2) is 49.5. The third-order valence-corrected chi connectivity index (χ3v) is 12.2. The molecule has 0 aromatic heterocycles. The Morgan fingerprint density at radius 1 is 0.435 bits per heavy atom. The van der Waals surface area contributed by atoms with Gasteiger partial charge in [0.1, 0.15) is 42.2 Å². The second-order valence-electron chi connectivity index (χ2n) is 20.7. The number of unbranched alkanes of at least 4 members (excludes halogenated alkanes) is 2. The van der Waals surface area contributed by atoms with Crippen LogP contribution in [0.25, 0.3) is 0 Å². The summed E-state index contributed by atoms with van der Waals surface area (Å²) >= 11 is 0. The monoisotopic (exact) mass is 1210 g/mol. The maximum absolute atomic E-state index is 11.5. The molecule has 1 fully saturated rings. The van der Waals surface area contributed by atoms with E-state index in [4.69, 9.17) is 0 Å². The highest BCUT2D eigenvalue weighted by Gasteiger charge is 2.27. The molecule has 0 bridgehead atoms. The summed E-state index contributed by atoms with van der Waals surface area (Å²) in [6, 6.07) is -1.66. The minimum Gasteiger partial charge on any atom is -0.468 e. The first-order valence-corrected chi connectivity index (χ1v) is 28.2.